The summed E-state index contributed by atoms with van der Waals surface area (Å²) in [7, 11) is 0. The Morgan fingerprint density at radius 1 is 1.30 bits per heavy atom. The highest BCUT2D eigenvalue weighted by Gasteiger charge is 2.32. The fourth-order valence-electron chi connectivity index (χ4n) is 3.71. The van der Waals surface area contributed by atoms with Crippen LogP contribution >= 0.6 is 0 Å². The van der Waals surface area contributed by atoms with Gasteiger partial charge in [-0.25, -0.2) is 0 Å². The van der Waals surface area contributed by atoms with Crippen molar-refractivity contribution < 1.29 is 9.84 Å². The van der Waals surface area contributed by atoms with Gasteiger partial charge in [-0.15, -0.1) is 0 Å². The molecule has 1 aliphatic heterocycles. The highest BCUT2D eigenvalue weighted by atomic mass is 16.5. The fraction of sp³-hybridized carbons (Fsp3) is 0.684. The molecule has 1 heterocycles. The maximum atomic E-state index is 10.5. The average Bonchev–Trinajstić information content (AvgIpc) is 3.01. The molecule has 1 aromatic rings. The lowest BCUT2D eigenvalue weighted by atomic mass is 10.0. The van der Waals surface area contributed by atoms with Crippen LogP contribution in [0.3, 0.4) is 0 Å². The van der Waals surface area contributed by atoms with Crippen LogP contribution in [0.25, 0.3) is 0 Å². The number of rotatable bonds is 6. The van der Waals surface area contributed by atoms with Gasteiger partial charge in [0.1, 0.15) is 0 Å². The fourth-order valence-corrected chi connectivity index (χ4v) is 3.71. The smallest absolute Gasteiger partial charge is 0.0852 e. The molecule has 4 heteroatoms. The van der Waals surface area contributed by atoms with E-state index < -0.39 is 5.60 Å². The van der Waals surface area contributed by atoms with Crippen LogP contribution in [0.2, 0.25) is 0 Å². The van der Waals surface area contributed by atoms with E-state index in [0.29, 0.717) is 6.54 Å². The number of nitrogens with zero attached hydrogens (tertiary/aromatic N) is 1. The summed E-state index contributed by atoms with van der Waals surface area (Å²) in [4.78, 5) is 2.46. The Hall–Kier alpha value is -0.940. The summed E-state index contributed by atoms with van der Waals surface area (Å²) in [6.45, 7) is 6.57. The first-order chi connectivity index (χ1) is 11.1. The minimum absolute atomic E-state index is 0.192. The predicted molar refractivity (Wildman–Crippen MR) is 92.3 cm³/mol. The van der Waals surface area contributed by atoms with Crippen molar-refractivity contribution in [1.82, 2.24) is 10.2 Å². The monoisotopic (exact) mass is 318 g/mol. The number of hydrogen-bond acceptors (Lipinski definition) is 4. The molecule has 2 aliphatic rings. The Bertz CT molecular complexity index is 474. The third-order valence-electron chi connectivity index (χ3n) is 5.27. The van der Waals surface area contributed by atoms with Crippen LogP contribution < -0.4 is 5.32 Å². The van der Waals surface area contributed by atoms with Gasteiger partial charge in [0.2, 0.25) is 0 Å². The molecule has 4 nitrogen and oxygen atoms in total. The molecule has 23 heavy (non-hydrogen) atoms. The molecule has 2 fully saturated rings. The van der Waals surface area contributed by atoms with Crippen LogP contribution in [0.1, 0.15) is 38.2 Å². The van der Waals surface area contributed by atoms with Crippen LogP contribution in [0.4, 0.5) is 0 Å². The molecule has 1 aromatic carbocycles. The molecule has 3 rings (SSSR count). The van der Waals surface area contributed by atoms with Gasteiger partial charge in [-0.3, -0.25) is 4.90 Å². The van der Waals surface area contributed by atoms with E-state index in [9.17, 15) is 5.11 Å². The van der Waals surface area contributed by atoms with Crippen molar-refractivity contribution in [3.05, 3.63) is 35.9 Å². The number of nitrogens with one attached hydrogen (secondary N) is 1. The standard InChI is InChI=1S/C19H30N2O2/c1-16(20-15-19(22)9-5-6-10-19)18-14-21(11-12-23-18)13-17-7-3-2-4-8-17/h2-4,7-8,16,18,20,22H,5-6,9-15H2,1H3/t16-,18+/m1/s1. The van der Waals surface area contributed by atoms with Crippen LogP contribution in [-0.4, -0.2) is 54.0 Å². The van der Waals surface area contributed by atoms with Crippen molar-refractivity contribution in [1.29, 1.82) is 0 Å². The van der Waals surface area contributed by atoms with Gasteiger partial charge in [0, 0.05) is 32.2 Å². The number of aliphatic hydroxyl groups is 1. The second-order valence-electron chi connectivity index (χ2n) is 7.23. The quantitative estimate of drug-likeness (QED) is 0.844. The minimum Gasteiger partial charge on any atom is -0.389 e. The zero-order valence-corrected chi connectivity index (χ0v) is 14.2. The summed E-state index contributed by atoms with van der Waals surface area (Å²) in [5, 5.41) is 14.0. The second-order valence-corrected chi connectivity index (χ2v) is 7.23. The number of ether oxygens (including phenoxy) is 1. The Kier molecular flexibility index (Phi) is 5.70. The third-order valence-corrected chi connectivity index (χ3v) is 5.27. The van der Waals surface area contributed by atoms with E-state index in [4.69, 9.17) is 4.74 Å². The summed E-state index contributed by atoms with van der Waals surface area (Å²) in [5.41, 5.74) is 0.862. The maximum Gasteiger partial charge on any atom is 0.0852 e. The molecular formula is C19H30N2O2. The largest absolute Gasteiger partial charge is 0.389 e. The summed E-state index contributed by atoms with van der Waals surface area (Å²) in [6, 6.07) is 10.9. The van der Waals surface area contributed by atoms with E-state index in [2.05, 4.69) is 47.5 Å². The average molecular weight is 318 g/mol. The van der Waals surface area contributed by atoms with Crippen LogP contribution in [0.5, 0.6) is 0 Å². The van der Waals surface area contributed by atoms with E-state index in [-0.39, 0.29) is 12.1 Å². The Balaban J connectivity index is 1.47. The summed E-state index contributed by atoms with van der Waals surface area (Å²) < 4.78 is 5.97. The summed E-state index contributed by atoms with van der Waals surface area (Å²) in [6.07, 6.45) is 4.35. The van der Waals surface area contributed by atoms with E-state index in [1.807, 2.05) is 0 Å². The van der Waals surface area contributed by atoms with E-state index in [0.717, 1.165) is 51.9 Å². The van der Waals surface area contributed by atoms with Crippen molar-refractivity contribution >= 4 is 0 Å². The zero-order chi connectivity index (χ0) is 16.1. The molecule has 1 saturated heterocycles. The van der Waals surface area contributed by atoms with Gasteiger partial charge >= 0.3 is 0 Å². The summed E-state index contributed by atoms with van der Waals surface area (Å²) in [5.74, 6) is 0. The number of benzene rings is 1. The van der Waals surface area contributed by atoms with E-state index in [1.54, 1.807) is 0 Å². The lowest BCUT2D eigenvalue weighted by Gasteiger charge is -2.37. The van der Waals surface area contributed by atoms with Gasteiger partial charge in [0.25, 0.3) is 0 Å². The zero-order valence-electron chi connectivity index (χ0n) is 14.2. The van der Waals surface area contributed by atoms with Gasteiger partial charge in [-0.1, -0.05) is 43.2 Å². The Morgan fingerprint density at radius 2 is 2.04 bits per heavy atom. The molecule has 0 radical (unpaired) electrons. The molecule has 1 saturated carbocycles. The van der Waals surface area contributed by atoms with Crippen LogP contribution in [0.15, 0.2) is 30.3 Å². The first-order valence-corrected chi connectivity index (χ1v) is 8.98. The predicted octanol–water partition coefficient (Wildman–Crippen LogP) is 2.17. The highest BCUT2D eigenvalue weighted by molar-refractivity contribution is 5.14. The molecule has 2 atom stereocenters. The summed E-state index contributed by atoms with van der Waals surface area (Å²) >= 11 is 0. The molecular weight excluding hydrogens is 288 g/mol. The van der Waals surface area contributed by atoms with Gasteiger partial charge < -0.3 is 15.2 Å². The minimum atomic E-state index is -0.493. The van der Waals surface area contributed by atoms with Gasteiger partial charge in [0.05, 0.1) is 18.3 Å². The van der Waals surface area contributed by atoms with Crippen molar-refractivity contribution in [2.45, 2.75) is 56.9 Å². The first kappa shape index (κ1) is 16.9. The third kappa shape index (κ3) is 4.77. The van der Waals surface area contributed by atoms with Gasteiger partial charge in [-0.05, 0) is 25.3 Å². The number of hydrogen-bond donors (Lipinski definition) is 2. The SMILES string of the molecule is C[C@@H](NCC1(O)CCCC1)[C@@H]1CN(Cc2ccccc2)CCO1. The van der Waals surface area contributed by atoms with Gasteiger partial charge in [-0.2, -0.15) is 0 Å². The lowest BCUT2D eigenvalue weighted by Crippen LogP contribution is -2.53. The Labute approximate surface area is 139 Å². The van der Waals surface area contributed by atoms with E-state index >= 15 is 0 Å². The lowest BCUT2D eigenvalue weighted by molar-refractivity contribution is -0.0503. The molecule has 0 spiro atoms. The van der Waals surface area contributed by atoms with Crippen molar-refractivity contribution in [3.63, 3.8) is 0 Å². The van der Waals surface area contributed by atoms with Crippen molar-refractivity contribution in [2.24, 2.45) is 0 Å². The molecule has 0 aromatic heterocycles. The first-order valence-electron chi connectivity index (χ1n) is 8.98. The van der Waals surface area contributed by atoms with Crippen LogP contribution in [0, 0.1) is 0 Å². The normalized spacial score (nSPS) is 26.3. The second kappa shape index (κ2) is 7.75. The van der Waals surface area contributed by atoms with E-state index in [1.165, 1.54) is 5.56 Å². The molecule has 128 valence electrons. The highest BCUT2D eigenvalue weighted by Crippen LogP contribution is 2.28. The van der Waals surface area contributed by atoms with Crippen LogP contribution in [-0.2, 0) is 11.3 Å². The number of morpholine rings is 1. The van der Waals surface area contributed by atoms with Crippen molar-refractivity contribution in [2.75, 3.05) is 26.2 Å². The topological polar surface area (TPSA) is 44.7 Å². The molecule has 0 bridgehead atoms. The maximum absolute atomic E-state index is 10.5. The molecule has 0 amide bonds. The Morgan fingerprint density at radius 3 is 2.78 bits per heavy atom. The van der Waals surface area contributed by atoms with Crippen molar-refractivity contribution in [3.8, 4) is 0 Å². The molecule has 0 unspecified atom stereocenters. The molecule has 2 N–H and O–H groups in total. The molecule has 1 aliphatic carbocycles. The van der Waals surface area contributed by atoms with Gasteiger partial charge in [0.15, 0.2) is 0 Å².